The van der Waals surface area contributed by atoms with Crippen molar-refractivity contribution in [2.45, 2.75) is 6.17 Å². The highest BCUT2D eigenvalue weighted by atomic mass is 16.5. The molecule has 3 aromatic rings. The molecule has 160 valence electrons. The van der Waals surface area contributed by atoms with E-state index in [9.17, 15) is 4.79 Å². The van der Waals surface area contributed by atoms with Crippen LogP contribution in [0.1, 0.15) is 22.2 Å². The minimum absolute atomic E-state index is 0.187. The van der Waals surface area contributed by atoms with Crippen LogP contribution in [0.4, 0.5) is 11.4 Å². The van der Waals surface area contributed by atoms with Gasteiger partial charge in [0.05, 0.1) is 45.4 Å². The average Bonchev–Trinajstić information content (AvgIpc) is 3.09. The highest BCUT2D eigenvalue weighted by Gasteiger charge is 2.40. The van der Waals surface area contributed by atoms with E-state index in [-0.39, 0.29) is 5.91 Å². The van der Waals surface area contributed by atoms with Crippen LogP contribution in [0.3, 0.4) is 0 Å². The molecule has 31 heavy (non-hydrogen) atoms. The number of nitrogens with one attached hydrogen (secondary N) is 1. The van der Waals surface area contributed by atoms with Crippen LogP contribution < -0.4 is 29.2 Å². The average molecular weight is 421 g/mol. The third-order valence-electron chi connectivity index (χ3n) is 5.14. The summed E-state index contributed by atoms with van der Waals surface area (Å²) >= 11 is 0. The summed E-state index contributed by atoms with van der Waals surface area (Å²) in [6.45, 7) is 0. The lowest BCUT2D eigenvalue weighted by atomic mass is 10.2. The molecule has 4 rings (SSSR count). The van der Waals surface area contributed by atoms with Gasteiger partial charge in [-0.25, -0.2) is 0 Å². The van der Waals surface area contributed by atoms with Gasteiger partial charge < -0.3 is 24.3 Å². The second kappa shape index (κ2) is 8.43. The first-order valence-corrected chi connectivity index (χ1v) is 9.60. The monoisotopic (exact) mass is 421 g/mol. The number of carbonyl (C=O) groups excluding carboxylic acids is 1. The molecule has 0 aliphatic carbocycles. The van der Waals surface area contributed by atoms with Crippen molar-refractivity contribution in [1.29, 1.82) is 0 Å². The van der Waals surface area contributed by atoms with E-state index in [0.29, 0.717) is 39.9 Å². The Kier molecular flexibility index (Phi) is 5.53. The molecule has 1 amide bonds. The summed E-state index contributed by atoms with van der Waals surface area (Å²) in [7, 11) is 6.30. The number of methoxy groups -OCH3 is 4. The molecule has 1 atom stereocenters. The van der Waals surface area contributed by atoms with Crippen molar-refractivity contribution in [2.24, 2.45) is 0 Å². The van der Waals surface area contributed by atoms with Gasteiger partial charge in [-0.2, -0.15) is 0 Å². The zero-order valence-electron chi connectivity index (χ0n) is 17.7. The standard InChI is InChI=1S/C23H23N3O5/c1-28-15-8-10-18(29-2)17(13-15)26-22(21-16(23(26)27)6-5-11-24-21)25-14-7-9-19(30-3)20(12-14)31-4/h5-13,22,25H,1-4H3/t22-/m0/s1. The first-order chi connectivity index (χ1) is 15.1. The number of amides is 1. The summed E-state index contributed by atoms with van der Waals surface area (Å²) in [5.74, 6) is 2.15. The summed E-state index contributed by atoms with van der Waals surface area (Å²) in [5.41, 5.74) is 2.45. The Balaban J connectivity index is 1.81. The maximum Gasteiger partial charge on any atom is 0.262 e. The van der Waals surface area contributed by atoms with Gasteiger partial charge in [0.25, 0.3) is 5.91 Å². The molecule has 0 saturated heterocycles. The number of hydrogen-bond acceptors (Lipinski definition) is 7. The number of aromatic nitrogens is 1. The molecule has 8 nitrogen and oxygen atoms in total. The largest absolute Gasteiger partial charge is 0.497 e. The van der Waals surface area contributed by atoms with Crippen molar-refractivity contribution in [2.75, 3.05) is 38.7 Å². The molecule has 1 aliphatic heterocycles. The van der Waals surface area contributed by atoms with Crippen molar-refractivity contribution in [3.63, 3.8) is 0 Å². The quantitative estimate of drug-likeness (QED) is 0.620. The molecule has 1 aliphatic rings. The van der Waals surface area contributed by atoms with Gasteiger partial charge >= 0.3 is 0 Å². The predicted molar refractivity (Wildman–Crippen MR) is 117 cm³/mol. The fourth-order valence-electron chi connectivity index (χ4n) is 3.64. The van der Waals surface area contributed by atoms with Crippen LogP contribution in [-0.4, -0.2) is 39.3 Å². The molecule has 2 heterocycles. The Labute approximate surface area is 180 Å². The minimum atomic E-state index is -0.567. The number of rotatable bonds is 7. The Morgan fingerprint density at radius 2 is 1.61 bits per heavy atom. The lowest BCUT2D eigenvalue weighted by Crippen LogP contribution is -2.32. The lowest BCUT2D eigenvalue weighted by molar-refractivity contribution is 0.0992. The number of nitrogens with zero attached hydrogens (tertiary/aromatic N) is 2. The van der Waals surface area contributed by atoms with E-state index < -0.39 is 6.17 Å². The zero-order chi connectivity index (χ0) is 22.0. The summed E-state index contributed by atoms with van der Waals surface area (Å²) in [6.07, 6.45) is 1.10. The Bertz CT molecular complexity index is 1120. The Morgan fingerprint density at radius 1 is 0.871 bits per heavy atom. The molecule has 2 aromatic carbocycles. The van der Waals surface area contributed by atoms with Gasteiger partial charge in [0.1, 0.15) is 11.5 Å². The van der Waals surface area contributed by atoms with E-state index >= 15 is 0 Å². The highest BCUT2D eigenvalue weighted by molar-refractivity contribution is 6.11. The number of ether oxygens (including phenoxy) is 4. The van der Waals surface area contributed by atoms with E-state index in [4.69, 9.17) is 18.9 Å². The van der Waals surface area contributed by atoms with Crippen LogP contribution in [0.5, 0.6) is 23.0 Å². The molecule has 8 heteroatoms. The molecular formula is C23H23N3O5. The Morgan fingerprint density at radius 3 is 2.32 bits per heavy atom. The van der Waals surface area contributed by atoms with Crippen LogP contribution in [0.25, 0.3) is 0 Å². The summed E-state index contributed by atoms with van der Waals surface area (Å²) < 4.78 is 21.6. The fourth-order valence-corrected chi connectivity index (χ4v) is 3.64. The number of anilines is 2. The van der Waals surface area contributed by atoms with Gasteiger partial charge in [-0.05, 0) is 36.4 Å². The fraction of sp³-hybridized carbons (Fsp3) is 0.217. The van der Waals surface area contributed by atoms with Crippen molar-refractivity contribution in [3.8, 4) is 23.0 Å². The van der Waals surface area contributed by atoms with Crippen molar-refractivity contribution in [3.05, 3.63) is 66.0 Å². The highest BCUT2D eigenvalue weighted by Crippen LogP contribution is 2.43. The SMILES string of the molecule is COc1ccc(OC)c(N2C(=O)c3cccnc3[C@H]2Nc2ccc(OC)c(OC)c2)c1. The van der Waals surface area contributed by atoms with Gasteiger partial charge in [0.2, 0.25) is 0 Å². The Hall–Kier alpha value is -3.94. The third kappa shape index (κ3) is 3.56. The molecule has 0 unspecified atom stereocenters. The number of fused-ring (bicyclic) bond motifs is 1. The van der Waals surface area contributed by atoms with Gasteiger partial charge in [-0.3, -0.25) is 14.7 Å². The van der Waals surface area contributed by atoms with E-state index in [1.54, 1.807) is 75.9 Å². The molecule has 0 radical (unpaired) electrons. The molecule has 1 N–H and O–H groups in total. The number of hydrogen-bond donors (Lipinski definition) is 1. The summed E-state index contributed by atoms with van der Waals surface area (Å²) in [4.78, 5) is 19.5. The van der Waals surface area contributed by atoms with Gasteiger partial charge in [-0.15, -0.1) is 0 Å². The molecule has 1 aromatic heterocycles. The second-order valence-corrected chi connectivity index (χ2v) is 6.77. The molecular weight excluding hydrogens is 398 g/mol. The van der Waals surface area contributed by atoms with Crippen LogP contribution in [0, 0.1) is 0 Å². The summed E-state index contributed by atoms with van der Waals surface area (Å²) in [5, 5.41) is 3.40. The predicted octanol–water partition coefficient (Wildman–Crippen LogP) is 3.89. The maximum absolute atomic E-state index is 13.4. The third-order valence-corrected chi connectivity index (χ3v) is 5.14. The van der Waals surface area contributed by atoms with Gasteiger partial charge in [-0.1, -0.05) is 0 Å². The van der Waals surface area contributed by atoms with E-state index in [1.807, 2.05) is 12.1 Å². The molecule has 0 spiro atoms. The zero-order valence-corrected chi connectivity index (χ0v) is 17.7. The van der Waals surface area contributed by atoms with E-state index in [0.717, 1.165) is 5.69 Å². The number of carbonyl (C=O) groups is 1. The molecule has 0 fully saturated rings. The molecule has 0 saturated carbocycles. The number of benzene rings is 2. The smallest absolute Gasteiger partial charge is 0.262 e. The van der Waals surface area contributed by atoms with Crippen LogP contribution in [-0.2, 0) is 0 Å². The van der Waals surface area contributed by atoms with Crippen LogP contribution in [0.2, 0.25) is 0 Å². The minimum Gasteiger partial charge on any atom is -0.497 e. The van der Waals surface area contributed by atoms with Crippen LogP contribution in [0.15, 0.2) is 54.7 Å². The maximum atomic E-state index is 13.4. The summed E-state index contributed by atoms with van der Waals surface area (Å²) in [6, 6.07) is 14.3. The van der Waals surface area contributed by atoms with Crippen LogP contribution >= 0.6 is 0 Å². The first kappa shape index (κ1) is 20.3. The van der Waals surface area contributed by atoms with E-state index in [1.165, 1.54) is 0 Å². The normalized spacial score (nSPS) is 14.8. The second-order valence-electron chi connectivity index (χ2n) is 6.77. The van der Waals surface area contributed by atoms with Crippen molar-refractivity contribution < 1.29 is 23.7 Å². The van der Waals surface area contributed by atoms with Gasteiger partial charge in [0, 0.05) is 24.0 Å². The number of pyridine rings is 1. The van der Waals surface area contributed by atoms with Crippen molar-refractivity contribution in [1.82, 2.24) is 4.98 Å². The lowest BCUT2D eigenvalue weighted by Gasteiger charge is -2.28. The molecule has 0 bridgehead atoms. The van der Waals surface area contributed by atoms with Gasteiger partial charge in [0.15, 0.2) is 17.7 Å². The van der Waals surface area contributed by atoms with Crippen molar-refractivity contribution >= 4 is 17.3 Å². The van der Waals surface area contributed by atoms with E-state index in [2.05, 4.69) is 10.3 Å². The first-order valence-electron chi connectivity index (χ1n) is 9.60. The topological polar surface area (TPSA) is 82.2 Å².